The maximum absolute atomic E-state index is 8.78. The van der Waals surface area contributed by atoms with Crippen LogP contribution in [0.15, 0.2) is 46.9 Å². The van der Waals surface area contributed by atoms with Gasteiger partial charge in [0.2, 0.25) is 0 Å². The predicted molar refractivity (Wildman–Crippen MR) is 81.3 cm³/mol. The van der Waals surface area contributed by atoms with E-state index in [-0.39, 0.29) is 0 Å². The summed E-state index contributed by atoms with van der Waals surface area (Å²) in [7, 11) is 0. The maximum atomic E-state index is 8.78. The van der Waals surface area contributed by atoms with Gasteiger partial charge in [-0.3, -0.25) is 0 Å². The van der Waals surface area contributed by atoms with Gasteiger partial charge in [-0.25, -0.2) is 0 Å². The van der Waals surface area contributed by atoms with Crippen LogP contribution in [0.4, 0.5) is 11.4 Å². The van der Waals surface area contributed by atoms with Gasteiger partial charge in [-0.1, -0.05) is 0 Å². The van der Waals surface area contributed by atoms with Gasteiger partial charge in [0.05, 0.1) is 17.3 Å². The third-order valence-corrected chi connectivity index (χ3v) is 3.60. The first kappa shape index (κ1) is 12.4. The number of nitrogens with zero attached hydrogens (tertiary/aromatic N) is 1. The van der Waals surface area contributed by atoms with Crippen molar-refractivity contribution in [1.29, 1.82) is 5.26 Å². The number of rotatable bonds is 2. The largest absolute Gasteiger partial charge is 0.355 e. The zero-order valence-electron chi connectivity index (χ0n) is 8.74. The van der Waals surface area contributed by atoms with Crippen molar-refractivity contribution >= 4 is 49.9 Å². The Morgan fingerprint density at radius 1 is 1.12 bits per heavy atom. The van der Waals surface area contributed by atoms with Gasteiger partial charge in [-0.2, -0.15) is 5.26 Å². The lowest BCUT2D eigenvalue weighted by molar-refractivity contribution is 1.46. The molecule has 1 N–H and O–H groups in total. The molecular formula is C13H8BrIN2. The fourth-order valence-electron chi connectivity index (χ4n) is 1.37. The first-order valence-corrected chi connectivity index (χ1v) is 6.78. The summed E-state index contributed by atoms with van der Waals surface area (Å²) in [6, 6.07) is 15.7. The average Bonchev–Trinajstić information content (AvgIpc) is 2.34. The Bertz CT molecular complexity index is 573. The van der Waals surface area contributed by atoms with E-state index in [2.05, 4.69) is 49.9 Å². The molecule has 0 radical (unpaired) electrons. The van der Waals surface area contributed by atoms with E-state index in [1.54, 1.807) is 12.1 Å². The Morgan fingerprint density at radius 2 is 1.82 bits per heavy atom. The normalized spacial score (nSPS) is 9.71. The molecule has 0 aromatic heterocycles. The highest BCUT2D eigenvalue weighted by atomic mass is 127. The number of hydrogen-bond acceptors (Lipinski definition) is 2. The van der Waals surface area contributed by atoms with Crippen LogP contribution in [-0.4, -0.2) is 0 Å². The first-order valence-electron chi connectivity index (χ1n) is 4.91. The van der Waals surface area contributed by atoms with Crippen LogP contribution in [-0.2, 0) is 0 Å². The first-order chi connectivity index (χ1) is 8.19. The van der Waals surface area contributed by atoms with Crippen molar-refractivity contribution in [2.24, 2.45) is 0 Å². The average molecular weight is 399 g/mol. The minimum Gasteiger partial charge on any atom is -0.355 e. The minimum atomic E-state index is 0.644. The topological polar surface area (TPSA) is 35.8 Å². The van der Waals surface area contributed by atoms with Crippen LogP contribution in [0.3, 0.4) is 0 Å². The van der Waals surface area contributed by atoms with Crippen molar-refractivity contribution in [3.63, 3.8) is 0 Å². The number of anilines is 2. The van der Waals surface area contributed by atoms with Crippen LogP contribution in [0.5, 0.6) is 0 Å². The van der Waals surface area contributed by atoms with E-state index >= 15 is 0 Å². The molecule has 4 heteroatoms. The summed E-state index contributed by atoms with van der Waals surface area (Å²) >= 11 is 5.72. The molecule has 0 atom stereocenters. The van der Waals surface area contributed by atoms with Gasteiger partial charge in [0, 0.05) is 13.7 Å². The van der Waals surface area contributed by atoms with Crippen LogP contribution < -0.4 is 5.32 Å². The second-order valence-corrected chi connectivity index (χ2v) is 5.54. The summed E-state index contributed by atoms with van der Waals surface area (Å²) < 4.78 is 2.09. The van der Waals surface area contributed by atoms with E-state index in [1.807, 2.05) is 30.3 Å². The van der Waals surface area contributed by atoms with Crippen molar-refractivity contribution in [3.05, 3.63) is 56.1 Å². The molecule has 84 valence electrons. The molecule has 0 fully saturated rings. The van der Waals surface area contributed by atoms with E-state index in [4.69, 9.17) is 5.26 Å². The highest BCUT2D eigenvalue weighted by Gasteiger charge is 2.01. The smallest absolute Gasteiger partial charge is 0.0992 e. The molecule has 0 bridgehead atoms. The van der Waals surface area contributed by atoms with Crippen LogP contribution in [0, 0.1) is 14.9 Å². The fourth-order valence-corrected chi connectivity index (χ4v) is 2.21. The minimum absolute atomic E-state index is 0.644. The van der Waals surface area contributed by atoms with E-state index in [9.17, 15) is 0 Å². The van der Waals surface area contributed by atoms with E-state index < -0.39 is 0 Å². The molecule has 0 saturated carbocycles. The standard InChI is InChI=1S/C13H8BrIN2/c14-12-7-9(8-16)1-6-13(12)17-11-4-2-10(15)3-5-11/h1-7,17H. The van der Waals surface area contributed by atoms with Crippen LogP contribution in [0.25, 0.3) is 0 Å². The van der Waals surface area contributed by atoms with Gasteiger partial charge in [-0.15, -0.1) is 0 Å². The monoisotopic (exact) mass is 398 g/mol. The summed E-state index contributed by atoms with van der Waals surface area (Å²) in [5, 5.41) is 12.1. The number of halogens is 2. The van der Waals surface area contributed by atoms with Gasteiger partial charge < -0.3 is 5.32 Å². The molecule has 0 unspecified atom stereocenters. The zero-order chi connectivity index (χ0) is 12.3. The number of nitrogens with one attached hydrogen (secondary N) is 1. The highest BCUT2D eigenvalue weighted by molar-refractivity contribution is 14.1. The van der Waals surface area contributed by atoms with E-state index in [0.29, 0.717) is 5.56 Å². The van der Waals surface area contributed by atoms with Gasteiger partial charge in [-0.05, 0) is 81.0 Å². The van der Waals surface area contributed by atoms with Crippen LogP contribution >= 0.6 is 38.5 Å². The number of benzene rings is 2. The number of nitriles is 1. The molecule has 0 spiro atoms. The predicted octanol–water partition coefficient (Wildman–Crippen LogP) is 4.67. The summed E-state index contributed by atoms with van der Waals surface area (Å²) in [5.41, 5.74) is 2.62. The van der Waals surface area contributed by atoms with Crippen molar-refractivity contribution in [2.75, 3.05) is 5.32 Å². The summed E-state index contributed by atoms with van der Waals surface area (Å²) in [5.74, 6) is 0. The molecule has 2 rings (SSSR count). The Kier molecular flexibility index (Phi) is 4.02. The molecular weight excluding hydrogens is 391 g/mol. The lowest BCUT2D eigenvalue weighted by Gasteiger charge is -2.08. The lowest BCUT2D eigenvalue weighted by Crippen LogP contribution is -1.91. The zero-order valence-corrected chi connectivity index (χ0v) is 12.5. The van der Waals surface area contributed by atoms with Gasteiger partial charge in [0.25, 0.3) is 0 Å². The van der Waals surface area contributed by atoms with Gasteiger partial charge >= 0.3 is 0 Å². The molecule has 0 saturated heterocycles. The molecule has 0 aliphatic carbocycles. The van der Waals surface area contributed by atoms with E-state index in [1.165, 1.54) is 3.57 Å². The highest BCUT2D eigenvalue weighted by Crippen LogP contribution is 2.27. The van der Waals surface area contributed by atoms with Gasteiger partial charge in [0.15, 0.2) is 0 Å². The van der Waals surface area contributed by atoms with Crippen LogP contribution in [0.1, 0.15) is 5.56 Å². The van der Waals surface area contributed by atoms with Crippen molar-refractivity contribution in [1.82, 2.24) is 0 Å². The maximum Gasteiger partial charge on any atom is 0.0992 e. The molecule has 2 nitrogen and oxygen atoms in total. The van der Waals surface area contributed by atoms with Crippen molar-refractivity contribution < 1.29 is 0 Å². The molecule has 2 aromatic carbocycles. The Balaban J connectivity index is 2.25. The third-order valence-electron chi connectivity index (χ3n) is 2.22. The quantitative estimate of drug-likeness (QED) is 0.746. The summed E-state index contributed by atoms with van der Waals surface area (Å²) in [6.07, 6.45) is 0. The summed E-state index contributed by atoms with van der Waals surface area (Å²) in [4.78, 5) is 0. The van der Waals surface area contributed by atoms with Gasteiger partial charge in [0.1, 0.15) is 0 Å². The molecule has 0 heterocycles. The Morgan fingerprint density at radius 3 is 2.41 bits per heavy atom. The number of hydrogen-bond donors (Lipinski definition) is 1. The molecule has 0 aliphatic rings. The Labute approximate surface area is 122 Å². The molecule has 0 amide bonds. The van der Waals surface area contributed by atoms with Crippen LogP contribution in [0.2, 0.25) is 0 Å². The Hall–Kier alpha value is -1.06. The second-order valence-electron chi connectivity index (χ2n) is 3.44. The molecule has 17 heavy (non-hydrogen) atoms. The third kappa shape index (κ3) is 3.20. The van der Waals surface area contributed by atoms with E-state index in [0.717, 1.165) is 15.8 Å². The SMILES string of the molecule is N#Cc1ccc(Nc2ccc(I)cc2)c(Br)c1. The molecule has 2 aromatic rings. The lowest BCUT2D eigenvalue weighted by atomic mass is 10.2. The van der Waals surface area contributed by atoms with Crippen molar-refractivity contribution in [2.45, 2.75) is 0 Å². The summed E-state index contributed by atoms with van der Waals surface area (Å²) in [6.45, 7) is 0. The second kappa shape index (κ2) is 5.52. The molecule has 0 aliphatic heterocycles. The fraction of sp³-hybridized carbons (Fsp3) is 0. The van der Waals surface area contributed by atoms with Crippen molar-refractivity contribution in [3.8, 4) is 6.07 Å².